The lowest BCUT2D eigenvalue weighted by atomic mass is 10.0. The third kappa shape index (κ3) is 2.79. The van der Waals surface area contributed by atoms with E-state index in [1.165, 1.54) is 12.1 Å². The molecule has 1 fully saturated rings. The number of amides is 2. The molecule has 108 valence electrons. The van der Waals surface area contributed by atoms with Gasteiger partial charge in [0.15, 0.2) is 11.6 Å². The number of hydrogen-bond donors (Lipinski definition) is 1. The molecule has 1 unspecified atom stereocenters. The maximum absolute atomic E-state index is 13.8. The van der Waals surface area contributed by atoms with Crippen molar-refractivity contribution in [2.24, 2.45) is 5.92 Å². The Bertz CT molecular complexity index is 546. The van der Waals surface area contributed by atoms with Gasteiger partial charge in [0, 0.05) is 0 Å². The quantitative estimate of drug-likeness (QED) is 0.919. The zero-order chi connectivity index (χ0) is 14.9. The van der Waals surface area contributed by atoms with E-state index in [-0.39, 0.29) is 24.1 Å². The minimum absolute atomic E-state index is 0.196. The van der Waals surface area contributed by atoms with Crippen LogP contribution in [0.1, 0.15) is 20.3 Å². The number of hydrogen-bond acceptors (Lipinski definition) is 2. The van der Waals surface area contributed by atoms with Crippen molar-refractivity contribution in [2.75, 3.05) is 11.4 Å². The Morgan fingerprint density at radius 2 is 2.05 bits per heavy atom. The Hall–Kier alpha value is -1.98. The number of halogens is 2. The molecule has 0 aliphatic carbocycles. The van der Waals surface area contributed by atoms with Gasteiger partial charge in [-0.15, -0.1) is 0 Å². The molecule has 2 rings (SSSR count). The lowest BCUT2D eigenvalue weighted by molar-refractivity contribution is -0.131. The van der Waals surface area contributed by atoms with Gasteiger partial charge in [-0.1, -0.05) is 19.9 Å². The highest BCUT2D eigenvalue weighted by Crippen LogP contribution is 2.24. The van der Waals surface area contributed by atoms with Gasteiger partial charge in [-0.25, -0.2) is 8.78 Å². The van der Waals surface area contributed by atoms with Gasteiger partial charge in [0.1, 0.15) is 12.6 Å². The molecule has 4 nitrogen and oxygen atoms in total. The molecule has 0 saturated carbocycles. The first-order chi connectivity index (χ1) is 9.40. The van der Waals surface area contributed by atoms with Crippen LogP contribution in [0.4, 0.5) is 14.5 Å². The number of benzene rings is 1. The summed E-state index contributed by atoms with van der Waals surface area (Å²) in [5.41, 5.74) is -0.196. The molecule has 0 radical (unpaired) electrons. The van der Waals surface area contributed by atoms with Crippen LogP contribution in [0.5, 0.6) is 0 Å². The second kappa shape index (κ2) is 5.56. The van der Waals surface area contributed by atoms with Crippen molar-refractivity contribution in [1.29, 1.82) is 0 Å². The molecule has 1 N–H and O–H groups in total. The van der Waals surface area contributed by atoms with E-state index in [1.54, 1.807) is 0 Å². The molecule has 1 aromatic rings. The summed E-state index contributed by atoms with van der Waals surface area (Å²) in [4.78, 5) is 25.0. The SMILES string of the molecule is CC(C)CC1NC(=O)CN(c2cccc(F)c2F)C1=O. The van der Waals surface area contributed by atoms with E-state index in [1.807, 2.05) is 13.8 Å². The van der Waals surface area contributed by atoms with Crippen molar-refractivity contribution in [1.82, 2.24) is 5.32 Å². The number of rotatable bonds is 3. The van der Waals surface area contributed by atoms with E-state index >= 15 is 0 Å². The summed E-state index contributed by atoms with van der Waals surface area (Å²) < 4.78 is 27.0. The minimum Gasteiger partial charge on any atom is -0.343 e. The molecule has 1 heterocycles. The number of nitrogens with one attached hydrogen (secondary N) is 1. The fraction of sp³-hybridized carbons (Fsp3) is 0.429. The monoisotopic (exact) mass is 282 g/mol. The molecule has 1 atom stereocenters. The highest BCUT2D eigenvalue weighted by molar-refractivity contribution is 6.06. The molecule has 0 spiro atoms. The number of piperazine rings is 1. The zero-order valence-corrected chi connectivity index (χ0v) is 11.3. The van der Waals surface area contributed by atoms with Crippen molar-refractivity contribution >= 4 is 17.5 Å². The third-order valence-electron chi connectivity index (χ3n) is 3.13. The summed E-state index contributed by atoms with van der Waals surface area (Å²) in [5.74, 6) is -2.75. The smallest absolute Gasteiger partial charge is 0.250 e. The van der Waals surface area contributed by atoms with Crippen LogP contribution in [-0.2, 0) is 9.59 Å². The average Bonchev–Trinajstić information content (AvgIpc) is 2.36. The predicted octanol–water partition coefficient (Wildman–Crippen LogP) is 1.84. The fourth-order valence-electron chi connectivity index (χ4n) is 2.25. The first-order valence-electron chi connectivity index (χ1n) is 6.45. The first-order valence-corrected chi connectivity index (χ1v) is 6.45. The molecule has 1 aliphatic heterocycles. The largest absolute Gasteiger partial charge is 0.343 e. The molecule has 20 heavy (non-hydrogen) atoms. The van der Waals surface area contributed by atoms with Crippen LogP contribution in [0, 0.1) is 17.6 Å². The minimum atomic E-state index is -1.11. The van der Waals surface area contributed by atoms with Gasteiger partial charge in [0.2, 0.25) is 11.8 Å². The van der Waals surface area contributed by atoms with Crippen LogP contribution in [0.3, 0.4) is 0 Å². The van der Waals surface area contributed by atoms with Gasteiger partial charge in [-0.3, -0.25) is 14.5 Å². The van der Waals surface area contributed by atoms with Crippen LogP contribution in [0.15, 0.2) is 18.2 Å². The Morgan fingerprint density at radius 1 is 1.35 bits per heavy atom. The maximum atomic E-state index is 13.8. The Kier molecular flexibility index (Phi) is 4.01. The molecule has 0 aromatic heterocycles. The maximum Gasteiger partial charge on any atom is 0.250 e. The van der Waals surface area contributed by atoms with Crippen LogP contribution in [0.25, 0.3) is 0 Å². The second-order valence-corrected chi connectivity index (χ2v) is 5.25. The van der Waals surface area contributed by atoms with E-state index in [0.717, 1.165) is 11.0 Å². The summed E-state index contributed by atoms with van der Waals surface area (Å²) >= 11 is 0. The van der Waals surface area contributed by atoms with Crippen molar-refractivity contribution in [2.45, 2.75) is 26.3 Å². The van der Waals surface area contributed by atoms with Crippen LogP contribution in [0.2, 0.25) is 0 Å². The summed E-state index contributed by atoms with van der Waals surface area (Å²) in [6.45, 7) is 3.54. The van der Waals surface area contributed by atoms with E-state index in [0.29, 0.717) is 6.42 Å². The molecule has 2 amide bonds. The fourth-order valence-corrected chi connectivity index (χ4v) is 2.25. The lowest BCUT2D eigenvalue weighted by Gasteiger charge is -2.33. The second-order valence-electron chi connectivity index (χ2n) is 5.25. The lowest BCUT2D eigenvalue weighted by Crippen LogP contribution is -2.58. The number of nitrogens with zero attached hydrogens (tertiary/aromatic N) is 1. The first kappa shape index (κ1) is 14.4. The average molecular weight is 282 g/mol. The van der Waals surface area contributed by atoms with Gasteiger partial charge < -0.3 is 5.32 Å². The van der Waals surface area contributed by atoms with Crippen LogP contribution < -0.4 is 10.2 Å². The summed E-state index contributed by atoms with van der Waals surface area (Å²) in [6.07, 6.45) is 0.456. The van der Waals surface area contributed by atoms with Gasteiger partial charge in [-0.2, -0.15) is 0 Å². The van der Waals surface area contributed by atoms with E-state index in [4.69, 9.17) is 0 Å². The molecule has 1 aliphatic rings. The van der Waals surface area contributed by atoms with Crippen molar-refractivity contribution in [3.63, 3.8) is 0 Å². The third-order valence-corrected chi connectivity index (χ3v) is 3.13. The van der Waals surface area contributed by atoms with Crippen LogP contribution >= 0.6 is 0 Å². The standard InChI is InChI=1S/C14H16F2N2O2/c1-8(2)6-10-14(20)18(7-12(19)17-10)11-5-3-4-9(15)13(11)16/h3-5,8,10H,6-7H2,1-2H3,(H,17,19). The zero-order valence-electron chi connectivity index (χ0n) is 11.3. The van der Waals surface area contributed by atoms with Gasteiger partial charge in [-0.05, 0) is 24.5 Å². The van der Waals surface area contributed by atoms with Crippen LogP contribution in [-0.4, -0.2) is 24.4 Å². The molecule has 1 saturated heterocycles. The summed E-state index contributed by atoms with van der Waals surface area (Å²) in [7, 11) is 0. The Balaban J connectivity index is 2.32. The van der Waals surface area contributed by atoms with E-state index < -0.39 is 23.6 Å². The highest BCUT2D eigenvalue weighted by Gasteiger charge is 2.35. The highest BCUT2D eigenvalue weighted by atomic mass is 19.2. The van der Waals surface area contributed by atoms with Gasteiger partial charge in [0.05, 0.1) is 5.69 Å². The molecule has 0 bridgehead atoms. The molecular weight excluding hydrogens is 266 g/mol. The topological polar surface area (TPSA) is 49.4 Å². The molecular formula is C14H16F2N2O2. The van der Waals surface area contributed by atoms with Crippen molar-refractivity contribution < 1.29 is 18.4 Å². The summed E-state index contributed by atoms with van der Waals surface area (Å²) in [5, 5.41) is 2.58. The summed E-state index contributed by atoms with van der Waals surface area (Å²) in [6, 6.07) is 2.88. The number of anilines is 1. The molecule has 1 aromatic carbocycles. The van der Waals surface area contributed by atoms with Crippen molar-refractivity contribution in [3.05, 3.63) is 29.8 Å². The normalized spacial score (nSPS) is 19.4. The van der Waals surface area contributed by atoms with Gasteiger partial charge >= 0.3 is 0 Å². The Morgan fingerprint density at radius 3 is 2.70 bits per heavy atom. The number of carbonyl (C=O) groups excluding carboxylic acids is 2. The van der Waals surface area contributed by atoms with E-state index in [9.17, 15) is 18.4 Å². The number of carbonyl (C=O) groups is 2. The molecule has 6 heteroatoms. The van der Waals surface area contributed by atoms with Gasteiger partial charge in [0.25, 0.3) is 0 Å². The van der Waals surface area contributed by atoms with Crippen molar-refractivity contribution in [3.8, 4) is 0 Å². The Labute approximate surface area is 115 Å². The van der Waals surface area contributed by atoms with E-state index in [2.05, 4.69) is 5.32 Å². The predicted molar refractivity (Wildman–Crippen MR) is 70.1 cm³/mol.